The number of hydrogen-bond acceptors (Lipinski definition) is 5. The lowest BCUT2D eigenvalue weighted by atomic mass is 9.91. The van der Waals surface area contributed by atoms with Gasteiger partial charge in [0.05, 0.1) is 7.11 Å². The standard InChI is InChI=1S/C17H21NO6/c1-24-13-4-2-12(3-5-13)14(19)6-7-15(20)18-10-8-17(23,9-11-18)16(21)22/h2-5,23H,6-11H2,1H3,(H,21,22). The van der Waals surface area contributed by atoms with E-state index in [1.165, 1.54) is 4.90 Å². The van der Waals surface area contributed by atoms with Crippen LogP contribution in [0.2, 0.25) is 0 Å². The Hall–Kier alpha value is -2.41. The first-order chi connectivity index (χ1) is 11.4. The fourth-order valence-electron chi connectivity index (χ4n) is 2.64. The third-order valence-corrected chi connectivity index (χ3v) is 4.32. The summed E-state index contributed by atoms with van der Waals surface area (Å²) in [4.78, 5) is 36.7. The molecule has 7 nitrogen and oxygen atoms in total. The van der Waals surface area contributed by atoms with E-state index in [0.29, 0.717) is 11.3 Å². The summed E-state index contributed by atoms with van der Waals surface area (Å²) in [5, 5.41) is 18.8. The molecular formula is C17H21NO6. The molecular weight excluding hydrogens is 314 g/mol. The molecule has 1 aliphatic heterocycles. The van der Waals surface area contributed by atoms with Crippen molar-refractivity contribution >= 4 is 17.7 Å². The molecule has 1 heterocycles. The molecule has 0 saturated carbocycles. The van der Waals surface area contributed by atoms with Gasteiger partial charge in [0.2, 0.25) is 5.91 Å². The second-order valence-corrected chi connectivity index (χ2v) is 5.87. The number of aliphatic hydroxyl groups is 1. The minimum Gasteiger partial charge on any atom is -0.497 e. The molecule has 2 N–H and O–H groups in total. The molecule has 7 heteroatoms. The highest BCUT2D eigenvalue weighted by molar-refractivity contribution is 5.98. The van der Waals surface area contributed by atoms with Crippen LogP contribution >= 0.6 is 0 Å². The zero-order valence-corrected chi connectivity index (χ0v) is 13.5. The molecule has 0 aliphatic carbocycles. The second kappa shape index (κ2) is 7.44. The molecule has 0 radical (unpaired) electrons. The number of aliphatic carboxylic acids is 1. The number of Topliss-reactive ketones (excluding diaryl/α,β-unsaturated/α-hetero) is 1. The van der Waals surface area contributed by atoms with E-state index in [2.05, 4.69) is 0 Å². The summed E-state index contributed by atoms with van der Waals surface area (Å²) < 4.78 is 5.03. The largest absolute Gasteiger partial charge is 0.497 e. The topological polar surface area (TPSA) is 104 Å². The van der Waals surface area contributed by atoms with Crippen molar-refractivity contribution in [2.75, 3.05) is 20.2 Å². The minimum atomic E-state index is -1.75. The Morgan fingerprint density at radius 3 is 2.21 bits per heavy atom. The Morgan fingerprint density at radius 1 is 1.12 bits per heavy atom. The van der Waals surface area contributed by atoms with Gasteiger partial charge in [-0.1, -0.05) is 0 Å². The number of ether oxygens (including phenoxy) is 1. The number of carbonyl (C=O) groups excluding carboxylic acids is 2. The summed E-state index contributed by atoms with van der Waals surface area (Å²) in [5.41, 5.74) is -1.24. The Labute approximate surface area is 139 Å². The van der Waals surface area contributed by atoms with Crippen LogP contribution < -0.4 is 4.74 Å². The first kappa shape index (κ1) is 17.9. The van der Waals surface area contributed by atoms with Crippen LogP contribution in [0.15, 0.2) is 24.3 Å². The van der Waals surface area contributed by atoms with Gasteiger partial charge in [-0.15, -0.1) is 0 Å². The lowest BCUT2D eigenvalue weighted by Gasteiger charge is -2.35. The highest BCUT2D eigenvalue weighted by Gasteiger charge is 2.40. The van der Waals surface area contributed by atoms with Gasteiger partial charge in [0, 0.05) is 44.3 Å². The van der Waals surface area contributed by atoms with E-state index in [9.17, 15) is 19.5 Å². The zero-order valence-electron chi connectivity index (χ0n) is 13.5. The molecule has 1 aromatic rings. The molecule has 130 valence electrons. The van der Waals surface area contributed by atoms with Crippen LogP contribution in [0.4, 0.5) is 0 Å². The number of carboxylic acids is 1. The van der Waals surface area contributed by atoms with Gasteiger partial charge in [0.15, 0.2) is 11.4 Å². The van der Waals surface area contributed by atoms with Crippen molar-refractivity contribution < 1.29 is 29.3 Å². The number of carbonyl (C=O) groups is 3. The number of carboxylic acid groups (broad SMARTS) is 1. The number of piperidine rings is 1. The van der Waals surface area contributed by atoms with Crippen molar-refractivity contribution in [1.82, 2.24) is 4.90 Å². The first-order valence-electron chi connectivity index (χ1n) is 7.76. The fraction of sp³-hybridized carbons (Fsp3) is 0.471. The average Bonchev–Trinajstić information content (AvgIpc) is 2.60. The SMILES string of the molecule is COc1ccc(C(=O)CCC(=O)N2CCC(O)(C(=O)O)CC2)cc1. The molecule has 0 spiro atoms. The zero-order chi connectivity index (χ0) is 17.7. The van der Waals surface area contributed by atoms with E-state index < -0.39 is 11.6 Å². The minimum absolute atomic E-state index is 0.000496. The van der Waals surface area contributed by atoms with Gasteiger partial charge in [0.1, 0.15) is 5.75 Å². The number of nitrogens with zero attached hydrogens (tertiary/aromatic N) is 1. The predicted octanol–water partition coefficient (Wildman–Crippen LogP) is 1.10. The maximum atomic E-state index is 12.1. The van der Waals surface area contributed by atoms with E-state index in [4.69, 9.17) is 9.84 Å². The van der Waals surface area contributed by atoms with E-state index in [1.54, 1.807) is 31.4 Å². The molecule has 24 heavy (non-hydrogen) atoms. The summed E-state index contributed by atoms with van der Waals surface area (Å²) >= 11 is 0. The third-order valence-electron chi connectivity index (χ3n) is 4.32. The van der Waals surface area contributed by atoms with E-state index in [-0.39, 0.29) is 50.5 Å². The van der Waals surface area contributed by atoms with Crippen LogP contribution in [-0.2, 0) is 9.59 Å². The molecule has 1 aromatic carbocycles. The van der Waals surface area contributed by atoms with E-state index in [1.807, 2.05) is 0 Å². The van der Waals surface area contributed by atoms with Crippen LogP contribution in [0.25, 0.3) is 0 Å². The molecule has 0 bridgehead atoms. The van der Waals surface area contributed by atoms with E-state index in [0.717, 1.165) is 0 Å². The maximum absolute atomic E-state index is 12.1. The van der Waals surface area contributed by atoms with Crippen molar-refractivity contribution in [3.05, 3.63) is 29.8 Å². The molecule has 1 saturated heterocycles. The molecule has 1 fully saturated rings. The highest BCUT2D eigenvalue weighted by Crippen LogP contribution is 2.23. The van der Waals surface area contributed by atoms with E-state index >= 15 is 0 Å². The summed E-state index contributed by atoms with van der Waals surface area (Å²) in [6.45, 7) is 0.358. The van der Waals surface area contributed by atoms with Crippen molar-refractivity contribution in [1.29, 1.82) is 0 Å². The number of likely N-dealkylation sites (tertiary alicyclic amines) is 1. The molecule has 0 aromatic heterocycles. The lowest BCUT2D eigenvalue weighted by Crippen LogP contribution is -2.50. The molecule has 1 aliphatic rings. The van der Waals surface area contributed by atoms with Crippen molar-refractivity contribution in [3.8, 4) is 5.75 Å². The normalized spacial score (nSPS) is 16.5. The fourth-order valence-corrected chi connectivity index (χ4v) is 2.64. The van der Waals surface area contributed by atoms with Crippen molar-refractivity contribution in [2.45, 2.75) is 31.3 Å². The highest BCUT2D eigenvalue weighted by atomic mass is 16.5. The number of ketones is 1. The second-order valence-electron chi connectivity index (χ2n) is 5.87. The van der Waals surface area contributed by atoms with Crippen molar-refractivity contribution in [3.63, 3.8) is 0 Å². The third kappa shape index (κ3) is 4.11. The Morgan fingerprint density at radius 2 is 1.71 bits per heavy atom. The summed E-state index contributed by atoms with van der Waals surface area (Å²) in [7, 11) is 1.54. The molecule has 2 rings (SSSR count). The number of hydrogen-bond donors (Lipinski definition) is 2. The van der Waals surface area contributed by atoms with Crippen LogP contribution in [-0.4, -0.2) is 58.6 Å². The number of amides is 1. The maximum Gasteiger partial charge on any atom is 0.335 e. The Bertz CT molecular complexity index is 616. The van der Waals surface area contributed by atoms with Gasteiger partial charge in [0.25, 0.3) is 0 Å². The summed E-state index contributed by atoms with van der Waals surface area (Å²) in [5.74, 6) is -0.944. The van der Waals surface area contributed by atoms with Crippen LogP contribution in [0.5, 0.6) is 5.75 Å². The van der Waals surface area contributed by atoms with Gasteiger partial charge in [-0.3, -0.25) is 9.59 Å². The lowest BCUT2D eigenvalue weighted by molar-refractivity contribution is -0.165. The average molecular weight is 335 g/mol. The summed E-state index contributed by atoms with van der Waals surface area (Å²) in [6.07, 6.45) is 0.155. The van der Waals surface area contributed by atoms with Gasteiger partial charge < -0.3 is 19.8 Å². The number of benzene rings is 1. The quantitative estimate of drug-likeness (QED) is 0.754. The van der Waals surface area contributed by atoms with Gasteiger partial charge >= 0.3 is 5.97 Å². The number of methoxy groups -OCH3 is 1. The first-order valence-corrected chi connectivity index (χ1v) is 7.76. The van der Waals surface area contributed by atoms with Crippen LogP contribution in [0.1, 0.15) is 36.0 Å². The van der Waals surface area contributed by atoms with Crippen molar-refractivity contribution in [2.24, 2.45) is 0 Å². The molecule has 1 amide bonds. The van der Waals surface area contributed by atoms with Crippen LogP contribution in [0, 0.1) is 0 Å². The van der Waals surface area contributed by atoms with Gasteiger partial charge in [-0.05, 0) is 24.3 Å². The Kier molecular flexibility index (Phi) is 5.56. The smallest absolute Gasteiger partial charge is 0.335 e. The molecule has 0 unspecified atom stereocenters. The predicted molar refractivity (Wildman–Crippen MR) is 85.0 cm³/mol. The van der Waals surface area contributed by atoms with Crippen LogP contribution in [0.3, 0.4) is 0 Å². The summed E-state index contributed by atoms with van der Waals surface area (Å²) in [6, 6.07) is 6.68. The van der Waals surface area contributed by atoms with Gasteiger partial charge in [-0.2, -0.15) is 0 Å². The molecule has 0 atom stereocenters. The monoisotopic (exact) mass is 335 g/mol. The Balaban J connectivity index is 1.83. The van der Waals surface area contributed by atoms with Gasteiger partial charge in [-0.25, -0.2) is 4.79 Å². The number of rotatable bonds is 6.